The van der Waals surface area contributed by atoms with Crippen LogP contribution in [0.1, 0.15) is 44.2 Å². The van der Waals surface area contributed by atoms with Crippen LogP contribution in [-0.4, -0.2) is 28.8 Å². The van der Waals surface area contributed by atoms with Crippen LogP contribution < -0.4 is 11.5 Å². The highest BCUT2D eigenvalue weighted by Crippen LogP contribution is 2.38. The molecule has 4 rings (SSSR count). The second kappa shape index (κ2) is 7.54. The first-order chi connectivity index (χ1) is 12.8. The molecule has 0 amide bonds. The zero-order valence-electron chi connectivity index (χ0n) is 15.1. The second-order valence-electron chi connectivity index (χ2n) is 7.58. The lowest BCUT2D eigenvalue weighted by atomic mass is 9.78. The lowest BCUT2D eigenvalue weighted by molar-refractivity contribution is 0.249. The summed E-state index contributed by atoms with van der Waals surface area (Å²) in [6, 6.07) is 6.40. The van der Waals surface area contributed by atoms with Gasteiger partial charge >= 0.3 is 0 Å². The summed E-state index contributed by atoms with van der Waals surface area (Å²) in [5.41, 5.74) is 15.7. The molecule has 0 aromatic carbocycles. The van der Waals surface area contributed by atoms with Crippen molar-refractivity contribution in [3.63, 3.8) is 0 Å². The molecule has 5 heteroatoms. The van der Waals surface area contributed by atoms with Crippen molar-refractivity contribution in [3.05, 3.63) is 42.0 Å². The summed E-state index contributed by atoms with van der Waals surface area (Å²) in [5, 5.41) is 1.08. The summed E-state index contributed by atoms with van der Waals surface area (Å²) < 4.78 is 0. The van der Waals surface area contributed by atoms with E-state index in [1.165, 1.54) is 6.42 Å². The molecule has 2 aromatic rings. The number of allylic oxidation sites excluding steroid dienone is 2. The molecular weight excluding hydrogens is 322 g/mol. The topological polar surface area (TPSA) is 90.2 Å². The average Bonchev–Trinajstić information content (AvgIpc) is 3.47. The van der Waals surface area contributed by atoms with Gasteiger partial charge in [0.25, 0.3) is 0 Å². The fourth-order valence-electron chi connectivity index (χ4n) is 3.73. The van der Waals surface area contributed by atoms with Crippen molar-refractivity contribution in [1.82, 2.24) is 9.97 Å². The van der Waals surface area contributed by atoms with Crippen LogP contribution in [0.4, 0.5) is 0 Å². The largest absolute Gasteiger partial charge is 0.401 e. The molecule has 2 heterocycles. The van der Waals surface area contributed by atoms with Gasteiger partial charge in [-0.15, -0.1) is 0 Å². The second-order valence-corrected chi connectivity index (χ2v) is 7.58. The Hall–Kier alpha value is -2.27. The van der Waals surface area contributed by atoms with Crippen LogP contribution in [0, 0.1) is 11.8 Å². The number of hydrogen-bond acceptors (Lipinski definition) is 5. The van der Waals surface area contributed by atoms with Gasteiger partial charge in [0.2, 0.25) is 0 Å². The van der Waals surface area contributed by atoms with E-state index in [9.17, 15) is 0 Å². The molecular formula is C21H27N5. The van der Waals surface area contributed by atoms with Crippen LogP contribution in [-0.2, 0) is 0 Å². The number of nitrogens with two attached hydrogens (primary N) is 2. The molecule has 0 aliphatic heterocycles. The fraction of sp³-hybridized carbons (Fsp3) is 0.476. The number of pyridine rings is 2. The lowest BCUT2D eigenvalue weighted by Gasteiger charge is -2.32. The fourth-order valence-corrected chi connectivity index (χ4v) is 3.73. The van der Waals surface area contributed by atoms with E-state index in [0.29, 0.717) is 12.0 Å². The van der Waals surface area contributed by atoms with Crippen LogP contribution in [0.3, 0.4) is 0 Å². The average molecular weight is 349 g/mol. The van der Waals surface area contributed by atoms with Gasteiger partial charge in [-0.1, -0.05) is 6.07 Å². The lowest BCUT2D eigenvalue weighted by Crippen LogP contribution is -2.27. The Morgan fingerprint density at radius 2 is 2.04 bits per heavy atom. The van der Waals surface area contributed by atoms with Crippen LogP contribution in [0.5, 0.6) is 0 Å². The molecule has 0 spiro atoms. The molecule has 0 bridgehead atoms. The monoisotopic (exact) mass is 349 g/mol. The molecule has 26 heavy (non-hydrogen) atoms. The molecule has 2 aliphatic carbocycles. The molecule has 136 valence electrons. The quantitative estimate of drug-likeness (QED) is 0.751. The highest BCUT2D eigenvalue weighted by atomic mass is 14.8. The molecule has 5 nitrogen and oxygen atoms in total. The predicted molar refractivity (Wildman–Crippen MR) is 107 cm³/mol. The molecule has 4 N–H and O–H groups in total. The molecule has 2 fully saturated rings. The first-order valence-electron chi connectivity index (χ1n) is 9.69. The van der Waals surface area contributed by atoms with Gasteiger partial charge in [0.05, 0.1) is 17.3 Å². The maximum absolute atomic E-state index is 6.49. The normalized spacial score (nSPS) is 23.9. The van der Waals surface area contributed by atoms with Gasteiger partial charge in [-0.25, -0.2) is 0 Å². The van der Waals surface area contributed by atoms with E-state index in [4.69, 9.17) is 16.5 Å². The van der Waals surface area contributed by atoms with Gasteiger partial charge in [0.1, 0.15) is 0 Å². The highest BCUT2D eigenvalue weighted by Gasteiger charge is 2.29. The summed E-state index contributed by atoms with van der Waals surface area (Å²) in [6.45, 7) is 0.787. The van der Waals surface area contributed by atoms with E-state index in [-0.39, 0.29) is 0 Å². The Kier molecular flexibility index (Phi) is 4.98. The third kappa shape index (κ3) is 3.63. The Morgan fingerprint density at radius 3 is 2.81 bits per heavy atom. The molecule has 0 radical (unpaired) electrons. The summed E-state index contributed by atoms with van der Waals surface area (Å²) >= 11 is 0. The number of fused-ring (bicyclic) bond motifs is 1. The van der Waals surface area contributed by atoms with Crippen molar-refractivity contribution in [2.75, 3.05) is 6.54 Å². The highest BCUT2D eigenvalue weighted by molar-refractivity contribution is 6.14. The number of rotatable bonds is 7. The van der Waals surface area contributed by atoms with Gasteiger partial charge in [-0.05, 0) is 69.0 Å². The molecule has 0 unspecified atom stereocenters. The zero-order chi connectivity index (χ0) is 17.9. The molecule has 0 atom stereocenters. The van der Waals surface area contributed by atoms with Gasteiger partial charge in [-0.3, -0.25) is 15.0 Å². The van der Waals surface area contributed by atoms with Crippen molar-refractivity contribution in [2.45, 2.75) is 44.6 Å². The Bertz CT molecular complexity index is 826. The van der Waals surface area contributed by atoms with E-state index in [2.05, 4.69) is 16.0 Å². The minimum atomic E-state index is 0.405. The minimum Gasteiger partial charge on any atom is -0.401 e. The van der Waals surface area contributed by atoms with E-state index in [1.54, 1.807) is 0 Å². The summed E-state index contributed by atoms with van der Waals surface area (Å²) in [6.07, 6.45) is 12.6. The van der Waals surface area contributed by atoms with E-state index >= 15 is 0 Å². The van der Waals surface area contributed by atoms with Gasteiger partial charge in [0.15, 0.2) is 0 Å². The van der Waals surface area contributed by atoms with E-state index in [1.807, 2.05) is 30.7 Å². The van der Waals surface area contributed by atoms with Gasteiger partial charge in [-0.2, -0.15) is 0 Å². The third-order valence-corrected chi connectivity index (χ3v) is 5.55. The molecule has 0 saturated heterocycles. The maximum atomic E-state index is 6.49. The molecule has 2 aliphatic rings. The number of nitrogens with zero attached hydrogens (tertiary/aromatic N) is 3. The summed E-state index contributed by atoms with van der Waals surface area (Å²) in [7, 11) is 0. The third-order valence-electron chi connectivity index (χ3n) is 5.55. The molecule has 2 saturated carbocycles. The summed E-state index contributed by atoms with van der Waals surface area (Å²) in [4.78, 5) is 14.0. The Morgan fingerprint density at radius 1 is 1.19 bits per heavy atom. The van der Waals surface area contributed by atoms with Gasteiger partial charge < -0.3 is 11.5 Å². The maximum Gasteiger partial charge on any atom is 0.0997 e. The minimum absolute atomic E-state index is 0.405. The van der Waals surface area contributed by atoms with Crippen molar-refractivity contribution in [1.29, 1.82) is 0 Å². The zero-order valence-corrected chi connectivity index (χ0v) is 15.1. The number of aliphatic imine (C=N–C) groups is 1. The van der Waals surface area contributed by atoms with Crippen LogP contribution >= 0.6 is 0 Å². The first kappa shape index (κ1) is 17.2. The van der Waals surface area contributed by atoms with E-state index in [0.717, 1.165) is 72.4 Å². The van der Waals surface area contributed by atoms with Crippen LogP contribution in [0.15, 0.2) is 41.3 Å². The SMILES string of the molecule is NCCCC1CC(N=CC(=C(N)C2CC2)c2nccc3cccnc23)C1. The van der Waals surface area contributed by atoms with Crippen LogP contribution in [0.25, 0.3) is 16.5 Å². The number of aromatic nitrogens is 2. The molecule has 2 aromatic heterocycles. The predicted octanol–water partition coefficient (Wildman–Crippen LogP) is 3.30. The van der Waals surface area contributed by atoms with Gasteiger partial charge in [0, 0.05) is 35.3 Å². The van der Waals surface area contributed by atoms with Crippen LogP contribution in [0.2, 0.25) is 0 Å². The van der Waals surface area contributed by atoms with E-state index < -0.39 is 0 Å². The van der Waals surface area contributed by atoms with Crippen molar-refractivity contribution < 1.29 is 0 Å². The standard InChI is InChI=1S/C21H27N5/c22-8-1-3-14-11-17(12-14)26-13-18(19(23)15-5-6-15)21-20-16(7-10-25-21)4-2-9-24-20/h2,4,7,9-10,13-15,17H,1,3,5-6,8,11-12,22-23H2. The van der Waals surface area contributed by atoms with Crippen molar-refractivity contribution >= 4 is 22.7 Å². The Labute approximate surface area is 154 Å². The van der Waals surface area contributed by atoms with Crippen molar-refractivity contribution in [2.24, 2.45) is 28.3 Å². The number of hydrogen-bond donors (Lipinski definition) is 2. The smallest absolute Gasteiger partial charge is 0.0997 e. The summed E-state index contributed by atoms with van der Waals surface area (Å²) in [5.74, 6) is 1.25. The van der Waals surface area contributed by atoms with Crippen molar-refractivity contribution in [3.8, 4) is 0 Å². The first-order valence-corrected chi connectivity index (χ1v) is 9.69. The Balaban J connectivity index is 1.59.